The van der Waals surface area contributed by atoms with Crippen molar-refractivity contribution in [3.63, 3.8) is 0 Å². The third kappa shape index (κ3) is 3.20. The van der Waals surface area contributed by atoms with E-state index in [0.717, 1.165) is 38.4 Å². The maximum Gasteiger partial charge on any atom is 0.0739 e. The van der Waals surface area contributed by atoms with Crippen LogP contribution in [0.5, 0.6) is 0 Å². The molecule has 2 rings (SSSR count). The standard InChI is InChI=1S/C14H25BrN4/c1-5-19-13(14(15)11(4)17-19)9-18-7-6-16-8-12(18)10(2)3/h10,12,16H,5-9H2,1-4H3. The van der Waals surface area contributed by atoms with Gasteiger partial charge in [-0.05, 0) is 35.7 Å². The Morgan fingerprint density at radius 3 is 2.84 bits per heavy atom. The van der Waals surface area contributed by atoms with Gasteiger partial charge in [0.05, 0.1) is 15.9 Å². The molecule has 19 heavy (non-hydrogen) atoms. The van der Waals surface area contributed by atoms with Gasteiger partial charge in [-0.2, -0.15) is 5.10 Å². The van der Waals surface area contributed by atoms with Crippen molar-refractivity contribution in [1.29, 1.82) is 0 Å². The number of aryl methyl sites for hydroxylation is 2. The fourth-order valence-corrected chi connectivity index (χ4v) is 3.24. The first-order valence-electron chi connectivity index (χ1n) is 7.21. The molecule has 108 valence electrons. The summed E-state index contributed by atoms with van der Waals surface area (Å²) < 4.78 is 3.30. The minimum Gasteiger partial charge on any atom is -0.314 e. The number of hydrogen-bond acceptors (Lipinski definition) is 3. The first-order chi connectivity index (χ1) is 9.04. The Morgan fingerprint density at radius 1 is 1.47 bits per heavy atom. The van der Waals surface area contributed by atoms with E-state index in [-0.39, 0.29) is 0 Å². The Kier molecular flexibility index (Phi) is 5.03. The third-order valence-electron chi connectivity index (χ3n) is 3.97. The van der Waals surface area contributed by atoms with Crippen LogP contribution in [0.4, 0.5) is 0 Å². The number of piperazine rings is 1. The highest BCUT2D eigenvalue weighted by Crippen LogP contribution is 2.24. The van der Waals surface area contributed by atoms with Crippen molar-refractivity contribution in [1.82, 2.24) is 20.0 Å². The summed E-state index contributed by atoms with van der Waals surface area (Å²) in [6.07, 6.45) is 0. The molecule has 1 aromatic heterocycles. The van der Waals surface area contributed by atoms with E-state index in [2.05, 4.69) is 63.6 Å². The minimum absolute atomic E-state index is 0.612. The summed E-state index contributed by atoms with van der Waals surface area (Å²) in [5.74, 6) is 0.672. The molecule has 0 aliphatic carbocycles. The van der Waals surface area contributed by atoms with Crippen LogP contribution < -0.4 is 5.32 Å². The predicted molar refractivity (Wildman–Crippen MR) is 82.2 cm³/mol. The molecule has 1 N–H and O–H groups in total. The van der Waals surface area contributed by atoms with Gasteiger partial charge in [0.15, 0.2) is 0 Å². The lowest BCUT2D eigenvalue weighted by Crippen LogP contribution is -2.53. The highest BCUT2D eigenvalue weighted by atomic mass is 79.9. The van der Waals surface area contributed by atoms with Crippen molar-refractivity contribution < 1.29 is 0 Å². The second-order valence-corrected chi connectivity index (χ2v) is 6.44. The Labute approximate surface area is 124 Å². The zero-order valence-corrected chi connectivity index (χ0v) is 14.0. The van der Waals surface area contributed by atoms with E-state index in [9.17, 15) is 0 Å². The van der Waals surface area contributed by atoms with Gasteiger partial charge in [0.2, 0.25) is 0 Å². The van der Waals surface area contributed by atoms with Crippen molar-refractivity contribution >= 4 is 15.9 Å². The lowest BCUT2D eigenvalue weighted by atomic mass is 10.0. The maximum atomic E-state index is 4.59. The quantitative estimate of drug-likeness (QED) is 0.921. The molecule has 2 heterocycles. The molecule has 0 spiro atoms. The fourth-order valence-electron chi connectivity index (χ4n) is 2.83. The highest BCUT2D eigenvalue weighted by molar-refractivity contribution is 9.10. The van der Waals surface area contributed by atoms with Crippen molar-refractivity contribution in [3.05, 3.63) is 15.9 Å². The maximum absolute atomic E-state index is 4.59. The van der Waals surface area contributed by atoms with E-state index in [4.69, 9.17) is 0 Å². The summed E-state index contributed by atoms with van der Waals surface area (Å²) in [5.41, 5.74) is 2.40. The molecule has 1 aliphatic heterocycles. The lowest BCUT2D eigenvalue weighted by Gasteiger charge is -2.38. The van der Waals surface area contributed by atoms with Gasteiger partial charge in [-0.25, -0.2) is 0 Å². The van der Waals surface area contributed by atoms with Crippen molar-refractivity contribution in [2.75, 3.05) is 19.6 Å². The van der Waals surface area contributed by atoms with Crippen LogP contribution in [0.2, 0.25) is 0 Å². The summed E-state index contributed by atoms with van der Waals surface area (Å²) in [7, 11) is 0. The summed E-state index contributed by atoms with van der Waals surface area (Å²) in [4.78, 5) is 2.59. The second-order valence-electron chi connectivity index (χ2n) is 5.65. The largest absolute Gasteiger partial charge is 0.314 e. The molecule has 1 unspecified atom stereocenters. The van der Waals surface area contributed by atoms with Gasteiger partial charge in [0.1, 0.15) is 0 Å². The van der Waals surface area contributed by atoms with Crippen LogP contribution in [-0.4, -0.2) is 40.4 Å². The average molecular weight is 329 g/mol. The van der Waals surface area contributed by atoms with Crippen molar-refractivity contribution in [2.45, 2.75) is 46.8 Å². The topological polar surface area (TPSA) is 33.1 Å². The average Bonchev–Trinajstić information content (AvgIpc) is 2.67. The van der Waals surface area contributed by atoms with Gasteiger partial charge < -0.3 is 5.32 Å². The van der Waals surface area contributed by atoms with Crippen LogP contribution >= 0.6 is 15.9 Å². The van der Waals surface area contributed by atoms with Crippen LogP contribution in [-0.2, 0) is 13.1 Å². The molecule has 1 aromatic rings. The molecule has 1 saturated heterocycles. The smallest absolute Gasteiger partial charge is 0.0739 e. The zero-order valence-electron chi connectivity index (χ0n) is 12.4. The first-order valence-corrected chi connectivity index (χ1v) is 8.00. The van der Waals surface area contributed by atoms with E-state index in [0.29, 0.717) is 12.0 Å². The molecule has 1 atom stereocenters. The van der Waals surface area contributed by atoms with Gasteiger partial charge in [-0.1, -0.05) is 13.8 Å². The van der Waals surface area contributed by atoms with Crippen LogP contribution in [0, 0.1) is 12.8 Å². The van der Waals surface area contributed by atoms with Gasteiger partial charge >= 0.3 is 0 Å². The first kappa shape index (κ1) is 15.0. The molecule has 0 saturated carbocycles. The molecule has 1 fully saturated rings. The normalized spacial score (nSPS) is 21.3. The molecule has 0 amide bonds. The van der Waals surface area contributed by atoms with Crippen LogP contribution in [0.1, 0.15) is 32.2 Å². The molecular formula is C14H25BrN4. The number of rotatable bonds is 4. The number of nitrogens with one attached hydrogen (secondary N) is 1. The second kappa shape index (κ2) is 6.37. The van der Waals surface area contributed by atoms with Gasteiger partial charge in [-0.15, -0.1) is 0 Å². The molecule has 0 radical (unpaired) electrons. The van der Waals surface area contributed by atoms with Gasteiger partial charge in [-0.3, -0.25) is 9.58 Å². The SMILES string of the molecule is CCn1nc(C)c(Br)c1CN1CCNCC1C(C)C. The molecule has 0 aromatic carbocycles. The van der Waals surface area contributed by atoms with Gasteiger partial charge in [0.25, 0.3) is 0 Å². The molecule has 1 aliphatic rings. The molecule has 0 bridgehead atoms. The van der Waals surface area contributed by atoms with E-state index in [1.165, 1.54) is 10.2 Å². The monoisotopic (exact) mass is 328 g/mol. The third-order valence-corrected chi connectivity index (χ3v) is 5.01. The summed E-state index contributed by atoms with van der Waals surface area (Å²) >= 11 is 3.70. The number of aromatic nitrogens is 2. The summed E-state index contributed by atoms with van der Waals surface area (Å²) in [5, 5.41) is 8.10. The fraction of sp³-hybridized carbons (Fsp3) is 0.786. The Bertz CT molecular complexity index is 427. The Hall–Kier alpha value is -0.390. The highest BCUT2D eigenvalue weighted by Gasteiger charge is 2.26. The number of hydrogen-bond donors (Lipinski definition) is 1. The molecule has 4 nitrogen and oxygen atoms in total. The number of halogens is 1. The van der Waals surface area contributed by atoms with E-state index < -0.39 is 0 Å². The van der Waals surface area contributed by atoms with Crippen LogP contribution in [0.15, 0.2) is 4.47 Å². The predicted octanol–water partition coefficient (Wildman–Crippen LogP) is 2.40. The van der Waals surface area contributed by atoms with E-state index in [1.807, 2.05) is 0 Å². The van der Waals surface area contributed by atoms with Crippen LogP contribution in [0.25, 0.3) is 0 Å². The van der Waals surface area contributed by atoms with E-state index >= 15 is 0 Å². The van der Waals surface area contributed by atoms with Crippen molar-refractivity contribution in [2.24, 2.45) is 5.92 Å². The minimum atomic E-state index is 0.612. The Morgan fingerprint density at radius 2 is 2.21 bits per heavy atom. The number of nitrogens with zero attached hydrogens (tertiary/aromatic N) is 3. The lowest BCUT2D eigenvalue weighted by molar-refractivity contribution is 0.113. The summed E-state index contributed by atoms with van der Waals surface area (Å²) in [6.45, 7) is 14.0. The van der Waals surface area contributed by atoms with Gasteiger partial charge in [0, 0.05) is 38.8 Å². The van der Waals surface area contributed by atoms with Crippen LogP contribution in [0.3, 0.4) is 0 Å². The molecule has 5 heteroatoms. The molecular weight excluding hydrogens is 304 g/mol. The zero-order chi connectivity index (χ0) is 14.0. The summed E-state index contributed by atoms with van der Waals surface area (Å²) in [6, 6.07) is 0.612. The Balaban J connectivity index is 2.19. The van der Waals surface area contributed by atoms with Crippen molar-refractivity contribution in [3.8, 4) is 0 Å². The van der Waals surface area contributed by atoms with E-state index in [1.54, 1.807) is 0 Å².